The van der Waals surface area contributed by atoms with Gasteiger partial charge in [-0.25, -0.2) is 0 Å². The summed E-state index contributed by atoms with van der Waals surface area (Å²) >= 11 is 5.12. The Hall–Kier alpha value is -0.0300. The summed E-state index contributed by atoms with van der Waals surface area (Å²) in [5.74, 6) is 3.76. The fraction of sp³-hybridized carbons (Fsp3) is 0.714. The van der Waals surface area contributed by atoms with E-state index in [-0.39, 0.29) is 0 Å². The summed E-state index contributed by atoms with van der Waals surface area (Å²) in [6, 6.07) is 0. The van der Waals surface area contributed by atoms with Crippen molar-refractivity contribution in [2.24, 2.45) is 0 Å². The second kappa shape index (κ2) is 3.79. The molecule has 66 valence electrons. The van der Waals surface area contributed by atoms with Crippen LogP contribution in [0.15, 0.2) is 9.32 Å². The van der Waals surface area contributed by atoms with E-state index in [0.717, 1.165) is 11.6 Å². The number of rotatable bonds is 1. The quantitative estimate of drug-likeness (QED) is 0.766. The molecule has 0 bridgehead atoms. The molecule has 1 aromatic rings. The molecule has 12 heavy (non-hydrogen) atoms. The first-order chi connectivity index (χ1) is 5.86. The topological polar surface area (TPSA) is 38.9 Å². The monoisotopic (exact) mass is 248 g/mol. The van der Waals surface area contributed by atoms with Crippen LogP contribution in [0.25, 0.3) is 0 Å². The molecule has 0 N–H and O–H groups in total. The van der Waals surface area contributed by atoms with Crippen LogP contribution < -0.4 is 0 Å². The second-order valence-corrected chi connectivity index (χ2v) is 4.65. The van der Waals surface area contributed by atoms with Crippen molar-refractivity contribution in [3.63, 3.8) is 0 Å². The Bertz CT molecular complexity index is 260. The molecule has 3 nitrogen and oxygen atoms in total. The van der Waals surface area contributed by atoms with Crippen LogP contribution >= 0.6 is 27.7 Å². The van der Waals surface area contributed by atoms with Crippen molar-refractivity contribution < 1.29 is 4.52 Å². The number of hydrogen-bond acceptors (Lipinski definition) is 4. The van der Waals surface area contributed by atoms with Crippen molar-refractivity contribution in [2.75, 3.05) is 11.5 Å². The van der Waals surface area contributed by atoms with E-state index in [2.05, 4.69) is 26.1 Å². The first-order valence-electron chi connectivity index (χ1n) is 3.93. The Kier molecular flexibility index (Phi) is 2.70. The lowest BCUT2D eigenvalue weighted by atomic mass is 10.1. The molecule has 1 aliphatic heterocycles. The first-order valence-corrected chi connectivity index (χ1v) is 5.88. The van der Waals surface area contributed by atoms with Crippen molar-refractivity contribution >= 4 is 27.7 Å². The molecule has 1 unspecified atom stereocenters. The molecular formula is C7H9BrN2OS. The van der Waals surface area contributed by atoms with Gasteiger partial charge in [0.2, 0.25) is 0 Å². The van der Waals surface area contributed by atoms with Crippen molar-refractivity contribution in [2.45, 2.75) is 18.8 Å². The molecule has 0 spiro atoms. The lowest BCUT2D eigenvalue weighted by Crippen LogP contribution is -2.09. The van der Waals surface area contributed by atoms with Crippen LogP contribution in [0.5, 0.6) is 0 Å². The predicted molar refractivity (Wildman–Crippen MR) is 51.3 cm³/mol. The number of halogens is 1. The zero-order valence-corrected chi connectivity index (χ0v) is 8.90. The number of aromatic nitrogens is 2. The zero-order valence-electron chi connectivity index (χ0n) is 6.49. The number of hydrogen-bond donors (Lipinski definition) is 0. The molecule has 2 rings (SSSR count). The summed E-state index contributed by atoms with van der Waals surface area (Å²) in [5, 5.41) is 3.89. The van der Waals surface area contributed by atoms with Gasteiger partial charge in [-0.3, -0.25) is 0 Å². The highest BCUT2D eigenvalue weighted by Crippen LogP contribution is 2.29. The Morgan fingerprint density at radius 1 is 1.58 bits per heavy atom. The van der Waals surface area contributed by atoms with Gasteiger partial charge >= 0.3 is 0 Å². The molecule has 1 aliphatic rings. The van der Waals surface area contributed by atoms with E-state index in [4.69, 9.17) is 4.52 Å². The average molecular weight is 249 g/mol. The van der Waals surface area contributed by atoms with Gasteiger partial charge in [-0.05, 0) is 18.6 Å². The Labute approximate surface area is 83.4 Å². The third-order valence-corrected chi connectivity index (χ3v) is 3.48. The van der Waals surface area contributed by atoms with Crippen LogP contribution in [-0.2, 0) is 0 Å². The van der Waals surface area contributed by atoms with Crippen LogP contribution in [0, 0.1) is 0 Å². The van der Waals surface area contributed by atoms with Crippen LogP contribution in [0.3, 0.4) is 0 Å². The normalized spacial score (nSPS) is 24.2. The molecule has 2 heterocycles. The lowest BCUT2D eigenvalue weighted by molar-refractivity contribution is 0.385. The minimum atomic E-state index is 0.494. The highest BCUT2D eigenvalue weighted by molar-refractivity contribution is 9.10. The van der Waals surface area contributed by atoms with Gasteiger partial charge < -0.3 is 4.52 Å². The second-order valence-electron chi connectivity index (χ2n) is 2.82. The molecule has 0 radical (unpaired) electrons. The van der Waals surface area contributed by atoms with Crippen molar-refractivity contribution in [3.05, 3.63) is 10.6 Å². The third kappa shape index (κ3) is 1.82. The van der Waals surface area contributed by atoms with Gasteiger partial charge in [0, 0.05) is 27.6 Å². The maximum absolute atomic E-state index is 4.86. The molecule has 1 saturated heterocycles. The van der Waals surface area contributed by atoms with Crippen molar-refractivity contribution in [1.29, 1.82) is 0 Å². The maximum Gasteiger partial charge on any atom is 0.293 e. The van der Waals surface area contributed by atoms with E-state index in [0.29, 0.717) is 10.7 Å². The van der Waals surface area contributed by atoms with Crippen molar-refractivity contribution in [1.82, 2.24) is 10.1 Å². The fourth-order valence-corrected chi connectivity index (χ4v) is 2.72. The fourth-order valence-electron chi connectivity index (χ4n) is 1.33. The largest absolute Gasteiger partial charge is 0.327 e. The lowest BCUT2D eigenvalue weighted by Gasteiger charge is -2.17. The van der Waals surface area contributed by atoms with Crippen molar-refractivity contribution in [3.8, 4) is 0 Å². The molecule has 0 amide bonds. The molecule has 5 heteroatoms. The van der Waals surface area contributed by atoms with Gasteiger partial charge in [-0.15, -0.1) is 0 Å². The number of thioether (sulfide) groups is 1. The van der Waals surface area contributed by atoms with Gasteiger partial charge in [0.15, 0.2) is 5.82 Å². The molecule has 1 atom stereocenters. The summed E-state index contributed by atoms with van der Waals surface area (Å²) in [4.78, 5) is 4.65. The Balaban J connectivity index is 2.08. The molecule has 0 aliphatic carbocycles. The summed E-state index contributed by atoms with van der Waals surface area (Å²) in [5.41, 5.74) is 0. The highest BCUT2D eigenvalue weighted by Gasteiger charge is 2.20. The summed E-state index contributed by atoms with van der Waals surface area (Å²) in [6.07, 6.45) is 2.46. The molecule has 0 saturated carbocycles. The van der Waals surface area contributed by atoms with Gasteiger partial charge in [0.05, 0.1) is 0 Å². The summed E-state index contributed by atoms with van der Waals surface area (Å²) < 4.78 is 4.86. The van der Waals surface area contributed by atoms with Gasteiger partial charge in [0.1, 0.15) is 0 Å². The van der Waals surface area contributed by atoms with Crippen LogP contribution in [0.1, 0.15) is 24.6 Å². The summed E-state index contributed by atoms with van der Waals surface area (Å²) in [7, 11) is 0. The van der Waals surface area contributed by atoms with Gasteiger partial charge in [0.25, 0.3) is 4.80 Å². The van der Waals surface area contributed by atoms with Gasteiger partial charge in [-0.1, -0.05) is 5.16 Å². The SMILES string of the molecule is Brc1nc(C2CCCSC2)no1. The minimum absolute atomic E-state index is 0.494. The molecule has 0 aromatic carbocycles. The van der Waals surface area contributed by atoms with E-state index in [1.807, 2.05) is 11.8 Å². The maximum atomic E-state index is 4.86. The molecule has 1 aromatic heterocycles. The van der Waals surface area contributed by atoms with E-state index < -0.39 is 0 Å². The van der Waals surface area contributed by atoms with Crippen LogP contribution in [0.2, 0.25) is 0 Å². The summed E-state index contributed by atoms with van der Waals surface area (Å²) in [6.45, 7) is 0. The van der Waals surface area contributed by atoms with E-state index in [9.17, 15) is 0 Å². The van der Waals surface area contributed by atoms with E-state index in [1.165, 1.54) is 18.6 Å². The smallest absolute Gasteiger partial charge is 0.293 e. The Morgan fingerprint density at radius 3 is 3.08 bits per heavy atom. The van der Waals surface area contributed by atoms with Crippen LogP contribution in [-0.4, -0.2) is 21.6 Å². The number of nitrogens with zero attached hydrogens (tertiary/aromatic N) is 2. The Morgan fingerprint density at radius 2 is 2.50 bits per heavy atom. The molecular weight excluding hydrogens is 240 g/mol. The third-order valence-electron chi connectivity index (χ3n) is 1.94. The zero-order chi connectivity index (χ0) is 8.39. The first kappa shape index (κ1) is 8.56. The van der Waals surface area contributed by atoms with E-state index in [1.54, 1.807) is 0 Å². The average Bonchev–Trinajstić information content (AvgIpc) is 2.54. The van der Waals surface area contributed by atoms with E-state index >= 15 is 0 Å². The molecule has 1 fully saturated rings. The standard InChI is InChI=1S/C7H9BrN2OS/c8-7-9-6(10-11-7)5-2-1-3-12-4-5/h5H,1-4H2. The highest BCUT2D eigenvalue weighted by atomic mass is 79.9. The predicted octanol–water partition coefficient (Wildman–Crippen LogP) is 2.44. The minimum Gasteiger partial charge on any atom is -0.327 e. The van der Waals surface area contributed by atoms with Gasteiger partial charge in [-0.2, -0.15) is 16.7 Å². The van der Waals surface area contributed by atoms with Crippen LogP contribution in [0.4, 0.5) is 0 Å².